The molecule has 1 N–H and O–H groups in total. The van der Waals surface area contributed by atoms with Crippen molar-refractivity contribution >= 4 is 5.91 Å². The number of ether oxygens (including phenoxy) is 1. The lowest BCUT2D eigenvalue weighted by Crippen LogP contribution is -2.34. The van der Waals surface area contributed by atoms with E-state index in [4.69, 9.17) is 4.74 Å². The van der Waals surface area contributed by atoms with Gasteiger partial charge in [-0.05, 0) is 50.3 Å². The fourth-order valence-corrected chi connectivity index (χ4v) is 2.59. The van der Waals surface area contributed by atoms with Crippen molar-refractivity contribution in [3.63, 3.8) is 0 Å². The Balaban J connectivity index is 1.74. The van der Waals surface area contributed by atoms with Crippen LogP contribution >= 0.6 is 0 Å². The summed E-state index contributed by atoms with van der Waals surface area (Å²) in [5, 5.41) is 2.87. The molecule has 0 aliphatic rings. The van der Waals surface area contributed by atoms with E-state index in [0.29, 0.717) is 31.7 Å². The third-order valence-corrected chi connectivity index (χ3v) is 3.96. The molecule has 0 aromatic heterocycles. The smallest absolute Gasteiger partial charge is 0.220 e. The lowest BCUT2D eigenvalue weighted by atomic mass is 10.1. The molecular formula is C20H24F2N2O2. The lowest BCUT2D eigenvalue weighted by Gasteiger charge is -2.25. The maximum absolute atomic E-state index is 13.4. The van der Waals surface area contributed by atoms with E-state index in [2.05, 4.69) is 5.32 Å². The Morgan fingerprint density at radius 2 is 1.81 bits per heavy atom. The van der Waals surface area contributed by atoms with Crippen molar-refractivity contribution in [1.82, 2.24) is 10.2 Å². The number of nitrogens with zero attached hydrogens (tertiary/aromatic N) is 1. The molecule has 1 unspecified atom stereocenters. The standard InChI is InChI=1S/C20H24F2N2O2/c1-24(2)19(15-6-3-7-16(21)12-15)14-23-20(25)10-5-11-26-18-9-4-8-17(22)13-18/h3-4,6-9,12-13,19H,5,10-11,14H2,1-2H3,(H,23,25). The molecule has 0 bridgehead atoms. The van der Waals surface area contributed by atoms with Crippen molar-refractivity contribution in [3.05, 3.63) is 65.7 Å². The van der Waals surface area contributed by atoms with E-state index in [1.807, 2.05) is 25.1 Å². The summed E-state index contributed by atoms with van der Waals surface area (Å²) in [5.74, 6) is -0.303. The van der Waals surface area contributed by atoms with E-state index in [9.17, 15) is 13.6 Å². The molecular weight excluding hydrogens is 338 g/mol. The second-order valence-corrected chi connectivity index (χ2v) is 6.25. The molecule has 0 saturated carbocycles. The van der Waals surface area contributed by atoms with Crippen LogP contribution in [0.3, 0.4) is 0 Å². The fraction of sp³-hybridized carbons (Fsp3) is 0.350. The Kier molecular flexibility index (Phi) is 7.53. The third-order valence-electron chi connectivity index (χ3n) is 3.96. The maximum atomic E-state index is 13.4. The van der Waals surface area contributed by atoms with Gasteiger partial charge in [0.15, 0.2) is 0 Å². The van der Waals surface area contributed by atoms with Crippen LogP contribution in [-0.2, 0) is 4.79 Å². The summed E-state index contributed by atoms with van der Waals surface area (Å²) in [5.41, 5.74) is 0.810. The van der Waals surface area contributed by atoms with E-state index in [-0.39, 0.29) is 23.6 Å². The summed E-state index contributed by atoms with van der Waals surface area (Å²) in [7, 11) is 3.77. The molecule has 2 aromatic carbocycles. The van der Waals surface area contributed by atoms with Gasteiger partial charge in [-0.25, -0.2) is 8.78 Å². The first-order valence-corrected chi connectivity index (χ1v) is 8.52. The Morgan fingerprint density at radius 1 is 1.12 bits per heavy atom. The lowest BCUT2D eigenvalue weighted by molar-refractivity contribution is -0.121. The van der Waals surface area contributed by atoms with Crippen LogP contribution in [0.5, 0.6) is 5.75 Å². The molecule has 0 fully saturated rings. The number of halogens is 2. The molecule has 6 heteroatoms. The second kappa shape index (κ2) is 9.87. The number of rotatable bonds is 9. The second-order valence-electron chi connectivity index (χ2n) is 6.25. The number of nitrogens with one attached hydrogen (secondary N) is 1. The summed E-state index contributed by atoms with van der Waals surface area (Å²) >= 11 is 0. The third kappa shape index (κ3) is 6.44. The number of likely N-dealkylation sites (N-methyl/N-ethyl adjacent to an activating group) is 1. The van der Waals surface area contributed by atoms with Gasteiger partial charge in [-0.15, -0.1) is 0 Å². The van der Waals surface area contributed by atoms with Crippen LogP contribution in [0.2, 0.25) is 0 Å². The highest BCUT2D eigenvalue weighted by molar-refractivity contribution is 5.75. The molecule has 0 aliphatic carbocycles. The minimum absolute atomic E-state index is 0.101. The first-order chi connectivity index (χ1) is 12.5. The van der Waals surface area contributed by atoms with E-state index in [1.165, 1.54) is 24.3 Å². The fourth-order valence-electron chi connectivity index (χ4n) is 2.59. The molecule has 0 spiro atoms. The van der Waals surface area contributed by atoms with Gasteiger partial charge in [0.1, 0.15) is 17.4 Å². The number of hydrogen-bond acceptors (Lipinski definition) is 3. The molecule has 4 nitrogen and oxygen atoms in total. The van der Waals surface area contributed by atoms with E-state index in [1.54, 1.807) is 18.2 Å². The average Bonchev–Trinajstić information content (AvgIpc) is 2.59. The average molecular weight is 362 g/mol. The first-order valence-electron chi connectivity index (χ1n) is 8.52. The van der Waals surface area contributed by atoms with E-state index >= 15 is 0 Å². The van der Waals surface area contributed by atoms with Gasteiger partial charge in [0.05, 0.1) is 12.6 Å². The Bertz CT molecular complexity index is 722. The van der Waals surface area contributed by atoms with E-state index in [0.717, 1.165) is 5.56 Å². The number of hydrogen-bond donors (Lipinski definition) is 1. The van der Waals surface area contributed by atoms with E-state index < -0.39 is 0 Å². The number of carbonyl (C=O) groups excluding carboxylic acids is 1. The molecule has 1 amide bonds. The molecule has 0 aliphatic heterocycles. The molecule has 0 saturated heterocycles. The summed E-state index contributed by atoms with van der Waals surface area (Å²) in [6.07, 6.45) is 0.827. The van der Waals surface area contributed by atoms with Crippen LogP contribution in [0.1, 0.15) is 24.4 Å². The summed E-state index contributed by atoms with van der Waals surface area (Å²) in [6, 6.07) is 12.2. The van der Waals surface area contributed by atoms with Crippen LogP contribution in [0.15, 0.2) is 48.5 Å². The molecule has 140 valence electrons. The molecule has 26 heavy (non-hydrogen) atoms. The Morgan fingerprint density at radius 3 is 2.46 bits per heavy atom. The highest BCUT2D eigenvalue weighted by Crippen LogP contribution is 2.18. The molecule has 2 rings (SSSR count). The first kappa shape index (κ1) is 19.8. The zero-order chi connectivity index (χ0) is 18.9. The quantitative estimate of drug-likeness (QED) is 0.694. The summed E-state index contributed by atoms with van der Waals surface area (Å²) < 4.78 is 31.9. The predicted molar refractivity (Wildman–Crippen MR) is 97.0 cm³/mol. The highest BCUT2D eigenvalue weighted by Gasteiger charge is 2.15. The highest BCUT2D eigenvalue weighted by atomic mass is 19.1. The zero-order valence-corrected chi connectivity index (χ0v) is 15.0. The van der Waals surface area contributed by atoms with Crippen molar-refractivity contribution in [2.24, 2.45) is 0 Å². The van der Waals surface area contributed by atoms with Gasteiger partial charge in [0, 0.05) is 19.0 Å². The van der Waals surface area contributed by atoms with Gasteiger partial charge < -0.3 is 15.0 Å². The normalized spacial score (nSPS) is 12.0. The van der Waals surface area contributed by atoms with Gasteiger partial charge in [-0.1, -0.05) is 18.2 Å². The van der Waals surface area contributed by atoms with Crippen molar-refractivity contribution in [3.8, 4) is 5.75 Å². The SMILES string of the molecule is CN(C)C(CNC(=O)CCCOc1cccc(F)c1)c1cccc(F)c1. The van der Waals surface area contributed by atoms with Crippen molar-refractivity contribution < 1.29 is 18.3 Å². The number of amides is 1. The zero-order valence-electron chi connectivity index (χ0n) is 15.0. The maximum Gasteiger partial charge on any atom is 0.220 e. The van der Waals surface area contributed by atoms with Crippen molar-refractivity contribution in [2.45, 2.75) is 18.9 Å². The van der Waals surface area contributed by atoms with Gasteiger partial charge in [0.2, 0.25) is 5.91 Å². The van der Waals surface area contributed by atoms with Gasteiger partial charge in [0.25, 0.3) is 0 Å². The summed E-state index contributed by atoms with van der Waals surface area (Å²) in [4.78, 5) is 13.9. The van der Waals surface area contributed by atoms with Crippen molar-refractivity contribution in [2.75, 3.05) is 27.2 Å². The van der Waals surface area contributed by atoms with Crippen LogP contribution in [0.25, 0.3) is 0 Å². The van der Waals surface area contributed by atoms with Gasteiger partial charge in [-0.3, -0.25) is 4.79 Å². The molecule has 1 atom stereocenters. The van der Waals surface area contributed by atoms with Crippen molar-refractivity contribution in [1.29, 1.82) is 0 Å². The predicted octanol–water partition coefficient (Wildman–Crippen LogP) is 3.54. The molecule has 2 aromatic rings. The Labute approximate surface area is 152 Å². The summed E-state index contributed by atoms with van der Waals surface area (Å²) in [6.45, 7) is 0.720. The van der Waals surface area contributed by atoms with Gasteiger partial charge in [-0.2, -0.15) is 0 Å². The molecule has 0 radical (unpaired) electrons. The van der Waals surface area contributed by atoms with Gasteiger partial charge >= 0.3 is 0 Å². The number of carbonyl (C=O) groups is 1. The van der Waals surface area contributed by atoms with Crippen LogP contribution in [0.4, 0.5) is 8.78 Å². The minimum Gasteiger partial charge on any atom is -0.493 e. The van der Waals surface area contributed by atoms with Crippen LogP contribution < -0.4 is 10.1 Å². The monoisotopic (exact) mass is 362 g/mol. The van der Waals surface area contributed by atoms with Crippen LogP contribution in [-0.4, -0.2) is 38.1 Å². The largest absolute Gasteiger partial charge is 0.493 e. The minimum atomic E-state index is -0.354. The topological polar surface area (TPSA) is 41.6 Å². The Hall–Kier alpha value is -2.47. The number of benzene rings is 2. The molecule has 0 heterocycles. The van der Waals surface area contributed by atoms with Crippen LogP contribution in [0, 0.1) is 11.6 Å².